The van der Waals surface area contributed by atoms with E-state index in [1.807, 2.05) is 30.3 Å². The highest BCUT2D eigenvalue weighted by atomic mass is 32.2. The van der Waals surface area contributed by atoms with Gasteiger partial charge >= 0.3 is 0 Å². The lowest BCUT2D eigenvalue weighted by molar-refractivity contribution is 0.199. The first-order chi connectivity index (χ1) is 9.61. The number of nitrogens with one attached hydrogen (secondary N) is 1. The van der Waals surface area contributed by atoms with E-state index in [9.17, 15) is 5.11 Å². The number of rotatable bonds is 3. The molecule has 0 aliphatic rings. The molecule has 0 spiro atoms. The first-order valence-electron chi connectivity index (χ1n) is 6.54. The Morgan fingerprint density at radius 1 is 1.15 bits per heavy atom. The van der Waals surface area contributed by atoms with Crippen molar-refractivity contribution in [1.29, 1.82) is 0 Å². The molecular weight excluding hydrogens is 268 g/mol. The third-order valence-electron chi connectivity index (χ3n) is 3.19. The van der Waals surface area contributed by atoms with E-state index in [-0.39, 0.29) is 0 Å². The molecule has 0 bridgehead atoms. The van der Waals surface area contributed by atoms with Crippen molar-refractivity contribution in [3.8, 4) is 0 Å². The summed E-state index contributed by atoms with van der Waals surface area (Å²) < 4.78 is 0. The summed E-state index contributed by atoms with van der Waals surface area (Å²) in [5.74, 6) is 0. The van der Waals surface area contributed by atoms with Gasteiger partial charge in [0.05, 0.1) is 17.1 Å². The summed E-state index contributed by atoms with van der Waals surface area (Å²) in [7, 11) is 0. The minimum Gasteiger partial charge on any atom is -0.389 e. The molecule has 0 saturated carbocycles. The summed E-state index contributed by atoms with van der Waals surface area (Å²) in [5, 5.41) is 10.4. The van der Waals surface area contributed by atoms with Crippen LogP contribution in [0.25, 0.3) is 11.0 Å². The number of aromatic nitrogens is 2. The molecule has 20 heavy (non-hydrogen) atoms. The molecule has 2 N–H and O–H groups in total. The summed E-state index contributed by atoms with van der Waals surface area (Å²) in [6.07, 6.45) is -0.428. The van der Waals surface area contributed by atoms with Crippen molar-refractivity contribution in [2.75, 3.05) is 0 Å². The van der Waals surface area contributed by atoms with Crippen LogP contribution in [0, 0.1) is 6.92 Å². The Kier molecular flexibility index (Phi) is 3.51. The van der Waals surface area contributed by atoms with Crippen molar-refractivity contribution < 1.29 is 5.11 Å². The molecule has 3 aromatic rings. The molecular formula is C16H16N2OS. The minimum atomic E-state index is -0.428. The summed E-state index contributed by atoms with van der Waals surface area (Å²) in [6.45, 7) is 3.84. The van der Waals surface area contributed by atoms with E-state index in [0.29, 0.717) is 0 Å². The largest absolute Gasteiger partial charge is 0.389 e. The van der Waals surface area contributed by atoms with Crippen molar-refractivity contribution in [3.05, 3.63) is 53.6 Å². The fourth-order valence-electron chi connectivity index (χ4n) is 2.07. The van der Waals surface area contributed by atoms with Crippen LogP contribution < -0.4 is 0 Å². The van der Waals surface area contributed by atoms with Gasteiger partial charge in [-0.1, -0.05) is 30.0 Å². The number of hydrogen-bond donors (Lipinski definition) is 2. The van der Waals surface area contributed by atoms with Gasteiger partial charge in [-0.3, -0.25) is 0 Å². The van der Waals surface area contributed by atoms with Crippen molar-refractivity contribution in [3.63, 3.8) is 0 Å². The lowest BCUT2D eigenvalue weighted by Gasteiger charge is -2.04. The molecule has 1 heterocycles. The highest BCUT2D eigenvalue weighted by Gasteiger charge is 2.06. The zero-order valence-corrected chi connectivity index (χ0v) is 12.2. The first-order valence-corrected chi connectivity index (χ1v) is 7.36. The van der Waals surface area contributed by atoms with Gasteiger partial charge in [0.25, 0.3) is 0 Å². The number of H-pyrrole nitrogens is 1. The lowest BCUT2D eigenvalue weighted by Crippen LogP contribution is -1.89. The fourth-order valence-corrected chi connectivity index (χ4v) is 2.87. The normalized spacial score (nSPS) is 12.8. The number of aromatic amines is 1. The highest BCUT2D eigenvalue weighted by Crippen LogP contribution is 2.28. The molecule has 1 atom stereocenters. The van der Waals surface area contributed by atoms with E-state index in [1.165, 1.54) is 5.56 Å². The molecule has 0 fully saturated rings. The SMILES string of the molecule is Cc1ccc2nc(Sc3ccc(C(C)O)cc3)[nH]c2c1. The third-order valence-corrected chi connectivity index (χ3v) is 4.09. The van der Waals surface area contributed by atoms with Crippen LogP contribution in [0.4, 0.5) is 0 Å². The Morgan fingerprint density at radius 3 is 2.60 bits per heavy atom. The molecule has 1 unspecified atom stereocenters. The van der Waals surface area contributed by atoms with E-state index in [4.69, 9.17) is 0 Å². The average molecular weight is 284 g/mol. The maximum Gasteiger partial charge on any atom is 0.171 e. The van der Waals surface area contributed by atoms with Gasteiger partial charge < -0.3 is 10.1 Å². The van der Waals surface area contributed by atoms with Crippen LogP contribution in [-0.4, -0.2) is 15.1 Å². The molecule has 1 aromatic heterocycles. The number of aliphatic hydroxyl groups excluding tert-OH is 1. The molecule has 2 aromatic carbocycles. The van der Waals surface area contributed by atoms with Crippen LogP contribution >= 0.6 is 11.8 Å². The molecule has 0 saturated heterocycles. The topological polar surface area (TPSA) is 48.9 Å². The Morgan fingerprint density at radius 2 is 1.90 bits per heavy atom. The second kappa shape index (κ2) is 5.31. The lowest BCUT2D eigenvalue weighted by atomic mass is 10.1. The number of aryl methyl sites for hydroxylation is 1. The van der Waals surface area contributed by atoms with Crippen LogP contribution in [0.5, 0.6) is 0 Å². The summed E-state index contributed by atoms with van der Waals surface area (Å²) in [6, 6.07) is 14.1. The summed E-state index contributed by atoms with van der Waals surface area (Å²) in [5.41, 5.74) is 4.19. The standard InChI is InChI=1S/C16H16N2OS/c1-10-3-8-14-15(9-10)18-16(17-14)20-13-6-4-12(5-7-13)11(2)19/h3-9,11,19H,1-2H3,(H,17,18). The van der Waals surface area contributed by atoms with Gasteiger partial charge in [-0.2, -0.15) is 0 Å². The molecule has 4 heteroatoms. The molecule has 0 radical (unpaired) electrons. The van der Waals surface area contributed by atoms with Crippen LogP contribution in [-0.2, 0) is 0 Å². The Balaban J connectivity index is 1.85. The number of hydrogen-bond acceptors (Lipinski definition) is 3. The molecule has 3 rings (SSSR count). The zero-order chi connectivity index (χ0) is 14.1. The van der Waals surface area contributed by atoms with Gasteiger partial charge in [0.15, 0.2) is 5.16 Å². The van der Waals surface area contributed by atoms with Crippen LogP contribution in [0.15, 0.2) is 52.5 Å². The predicted molar refractivity (Wildman–Crippen MR) is 82.0 cm³/mol. The molecule has 102 valence electrons. The number of fused-ring (bicyclic) bond motifs is 1. The molecule has 0 aliphatic carbocycles. The van der Waals surface area contributed by atoms with Crippen LogP contribution in [0.2, 0.25) is 0 Å². The summed E-state index contributed by atoms with van der Waals surface area (Å²) in [4.78, 5) is 8.99. The Hall–Kier alpha value is -1.78. The highest BCUT2D eigenvalue weighted by molar-refractivity contribution is 7.99. The maximum absolute atomic E-state index is 9.50. The third kappa shape index (κ3) is 2.71. The van der Waals surface area contributed by atoms with Gasteiger partial charge in [-0.05, 0) is 49.2 Å². The molecule has 3 nitrogen and oxygen atoms in total. The van der Waals surface area contributed by atoms with Gasteiger partial charge in [0.2, 0.25) is 0 Å². The van der Waals surface area contributed by atoms with Crippen molar-refractivity contribution in [2.24, 2.45) is 0 Å². The maximum atomic E-state index is 9.50. The van der Waals surface area contributed by atoms with Crippen molar-refractivity contribution >= 4 is 22.8 Å². The van der Waals surface area contributed by atoms with E-state index in [1.54, 1.807) is 18.7 Å². The Labute approximate surface area is 122 Å². The van der Waals surface area contributed by atoms with E-state index in [0.717, 1.165) is 26.6 Å². The molecule has 0 aliphatic heterocycles. The Bertz CT molecular complexity index is 732. The smallest absolute Gasteiger partial charge is 0.171 e. The van der Waals surface area contributed by atoms with Gasteiger partial charge in [-0.25, -0.2) is 4.98 Å². The van der Waals surface area contributed by atoms with Crippen LogP contribution in [0.1, 0.15) is 24.2 Å². The van der Waals surface area contributed by atoms with Gasteiger partial charge in [0, 0.05) is 4.90 Å². The number of nitrogens with zero attached hydrogens (tertiary/aromatic N) is 1. The van der Waals surface area contributed by atoms with E-state index in [2.05, 4.69) is 29.0 Å². The minimum absolute atomic E-state index is 0.428. The number of aliphatic hydroxyl groups is 1. The quantitative estimate of drug-likeness (QED) is 0.762. The zero-order valence-electron chi connectivity index (χ0n) is 11.4. The fraction of sp³-hybridized carbons (Fsp3) is 0.188. The van der Waals surface area contributed by atoms with Crippen molar-refractivity contribution in [2.45, 2.75) is 30.0 Å². The molecule has 0 amide bonds. The second-order valence-corrected chi connectivity index (χ2v) is 5.97. The van der Waals surface area contributed by atoms with Crippen molar-refractivity contribution in [1.82, 2.24) is 9.97 Å². The number of imidazole rings is 1. The average Bonchev–Trinajstić information content (AvgIpc) is 2.80. The van der Waals surface area contributed by atoms with E-state index < -0.39 is 6.10 Å². The first kappa shape index (κ1) is 13.2. The van der Waals surface area contributed by atoms with Crippen LogP contribution in [0.3, 0.4) is 0 Å². The predicted octanol–water partition coefficient (Wildman–Crippen LogP) is 4.08. The summed E-state index contributed by atoms with van der Waals surface area (Å²) >= 11 is 1.59. The monoisotopic (exact) mass is 284 g/mol. The van der Waals surface area contributed by atoms with Gasteiger partial charge in [-0.15, -0.1) is 0 Å². The number of benzene rings is 2. The van der Waals surface area contributed by atoms with Gasteiger partial charge in [0.1, 0.15) is 0 Å². The van der Waals surface area contributed by atoms with E-state index >= 15 is 0 Å². The second-order valence-electron chi connectivity index (χ2n) is 4.91.